The highest BCUT2D eigenvalue weighted by Gasteiger charge is 2.45. The van der Waals surface area contributed by atoms with E-state index in [1.807, 2.05) is 6.92 Å². The summed E-state index contributed by atoms with van der Waals surface area (Å²) in [4.78, 5) is 15.3. The van der Waals surface area contributed by atoms with Crippen LogP contribution in [0.3, 0.4) is 0 Å². The molecule has 2 unspecified atom stereocenters. The van der Waals surface area contributed by atoms with Gasteiger partial charge in [0, 0.05) is 18.5 Å². The molecule has 1 aliphatic heterocycles. The minimum Gasteiger partial charge on any atom is -0.480 e. The topological polar surface area (TPSA) is 92.5 Å². The maximum atomic E-state index is 12.6. The Bertz CT molecular complexity index is 626. The van der Waals surface area contributed by atoms with E-state index < -0.39 is 27.4 Å². The summed E-state index contributed by atoms with van der Waals surface area (Å²) in [6.07, 6.45) is 1.46. The molecular formula is C11H17N3O4S2. The number of sulfonamides is 1. The van der Waals surface area contributed by atoms with Crippen molar-refractivity contribution in [3.63, 3.8) is 0 Å². The van der Waals surface area contributed by atoms with Crippen LogP contribution in [0.5, 0.6) is 0 Å². The summed E-state index contributed by atoms with van der Waals surface area (Å²) in [5, 5.41) is 8.68. The van der Waals surface area contributed by atoms with Crippen LogP contribution in [0.4, 0.5) is 0 Å². The Balaban J connectivity index is 2.45. The van der Waals surface area contributed by atoms with E-state index in [-0.39, 0.29) is 10.8 Å². The normalized spacial score (nSPS) is 24.1. The number of imidazole rings is 1. The molecule has 1 aromatic heterocycles. The van der Waals surface area contributed by atoms with Crippen LogP contribution in [-0.2, 0) is 21.4 Å². The maximum Gasteiger partial charge on any atom is 0.322 e. The fourth-order valence-electron chi connectivity index (χ4n) is 2.21. The zero-order valence-electron chi connectivity index (χ0n) is 11.5. The van der Waals surface area contributed by atoms with Crippen LogP contribution in [0.25, 0.3) is 0 Å². The third-order valence-electron chi connectivity index (χ3n) is 3.28. The molecular weight excluding hydrogens is 302 g/mol. The molecule has 0 saturated carbocycles. The number of aliphatic carboxylic acids is 1. The average molecular weight is 319 g/mol. The first-order chi connectivity index (χ1) is 9.28. The van der Waals surface area contributed by atoms with Crippen LogP contribution in [0, 0.1) is 6.92 Å². The van der Waals surface area contributed by atoms with Crippen molar-refractivity contribution in [1.82, 2.24) is 13.9 Å². The molecule has 0 radical (unpaired) electrons. The second-order valence-corrected chi connectivity index (χ2v) is 7.67. The van der Waals surface area contributed by atoms with E-state index in [1.165, 1.54) is 18.0 Å². The summed E-state index contributed by atoms with van der Waals surface area (Å²) in [6, 6.07) is -1.04. The van der Waals surface area contributed by atoms with Gasteiger partial charge in [-0.1, -0.05) is 0 Å². The molecule has 0 spiro atoms. The van der Waals surface area contributed by atoms with Crippen molar-refractivity contribution < 1.29 is 18.3 Å². The van der Waals surface area contributed by atoms with Crippen molar-refractivity contribution in [2.75, 3.05) is 5.75 Å². The largest absolute Gasteiger partial charge is 0.480 e. The molecule has 1 fully saturated rings. The average Bonchev–Trinajstić information content (AvgIpc) is 2.92. The highest BCUT2D eigenvalue weighted by atomic mass is 32.2. The Labute approximate surface area is 122 Å². The molecule has 112 valence electrons. The van der Waals surface area contributed by atoms with E-state index >= 15 is 0 Å². The standard InChI is InChI=1S/C11H17N3O4S2/c1-4-13-5-10(12-7(13)2)20(17,18)14-8(3)19-6-9(14)11(15)16/h5,8-9H,4,6H2,1-3H3,(H,15,16). The van der Waals surface area contributed by atoms with Crippen molar-refractivity contribution in [1.29, 1.82) is 0 Å². The zero-order chi connectivity index (χ0) is 15.1. The molecule has 9 heteroatoms. The third kappa shape index (κ3) is 2.45. The van der Waals surface area contributed by atoms with Crippen molar-refractivity contribution in [2.24, 2.45) is 0 Å². The van der Waals surface area contributed by atoms with E-state index in [0.29, 0.717) is 12.4 Å². The van der Waals surface area contributed by atoms with Gasteiger partial charge in [0.25, 0.3) is 10.0 Å². The predicted octanol–water partition coefficient (Wildman–Crippen LogP) is 0.748. The van der Waals surface area contributed by atoms with Crippen LogP contribution in [0.1, 0.15) is 19.7 Å². The molecule has 1 aliphatic rings. The quantitative estimate of drug-likeness (QED) is 0.880. The summed E-state index contributed by atoms with van der Waals surface area (Å²) in [6.45, 7) is 5.91. The van der Waals surface area contributed by atoms with Crippen LogP contribution >= 0.6 is 11.8 Å². The summed E-state index contributed by atoms with van der Waals surface area (Å²) in [7, 11) is -3.89. The van der Waals surface area contributed by atoms with Crippen LogP contribution in [0.15, 0.2) is 11.2 Å². The first-order valence-electron chi connectivity index (χ1n) is 6.20. The molecule has 2 rings (SSSR count). The van der Waals surface area contributed by atoms with Gasteiger partial charge in [0.1, 0.15) is 11.9 Å². The molecule has 0 amide bonds. The molecule has 0 bridgehead atoms. The molecule has 2 heterocycles. The monoisotopic (exact) mass is 319 g/mol. The lowest BCUT2D eigenvalue weighted by Crippen LogP contribution is -2.44. The van der Waals surface area contributed by atoms with Gasteiger partial charge < -0.3 is 9.67 Å². The highest BCUT2D eigenvalue weighted by Crippen LogP contribution is 2.34. The van der Waals surface area contributed by atoms with Crippen LogP contribution in [0.2, 0.25) is 0 Å². The van der Waals surface area contributed by atoms with Gasteiger partial charge in [-0.2, -0.15) is 4.31 Å². The van der Waals surface area contributed by atoms with Crippen LogP contribution in [-0.4, -0.2) is 50.5 Å². The summed E-state index contributed by atoms with van der Waals surface area (Å²) < 4.78 is 28.0. The smallest absolute Gasteiger partial charge is 0.322 e. The van der Waals surface area contributed by atoms with Gasteiger partial charge in [-0.15, -0.1) is 11.8 Å². The number of aromatic nitrogens is 2. The number of aryl methyl sites for hydroxylation is 2. The number of hydrogen-bond donors (Lipinski definition) is 1. The summed E-state index contributed by atoms with van der Waals surface area (Å²) >= 11 is 1.31. The molecule has 1 N–H and O–H groups in total. The summed E-state index contributed by atoms with van der Waals surface area (Å²) in [5.74, 6) is -0.280. The molecule has 7 nitrogen and oxygen atoms in total. The third-order valence-corrected chi connectivity index (χ3v) is 6.48. The van der Waals surface area contributed by atoms with E-state index in [9.17, 15) is 18.3 Å². The first-order valence-corrected chi connectivity index (χ1v) is 8.69. The number of carbonyl (C=O) groups is 1. The zero-order valence-corrected chi connectivity index (χ0v) is 13.1. The fourth-order valence-corrected chi connectivity index (χ4v) is 5.49. The lowest BCUT2D eigenvalue weighted by atomic mass is 10.3. The number of hydrogen-bond acceptors (Lipinski definition) is 5. The van der Waals surface area contributed by atoms with Crippen molar-refractivity contribution >= 4 is 27.8 Å². The molecule has 20 heavy (non-hydrogen) atoms. The minimum atomic E-state index is -3.89. The predicted molar refractivity (Wildman–Crippen MR) is 75.0 cm³/mol. The molecule has 0 aliphatic carbocycles. The molecule has 1 aromatic rings. The van der Waals surface area contributed by atoms with E-state index in [4.69, 9.17) is 0 Å². The number of nitrogens with zero attached hydrogens (tertiary/aromatic N) is 3. The van der Waals surface area contributed by atoms with Gasteiger partial charge >= 0.3 is 5.97 Å². The van der Waals surface area contributed by atoms with Gasteiger partial charge in [-0.3, -0.25) is 4.79 Å². The lowest BCUT2D eigenvalue weighted by molar-refractivity contribution is -0.140. The van der Waals surface area contributed by atoms with E-state index in [2.05, 4.69) is 4.98 Å². The number of thioether (sulfide) groups is 1. The Morgan fingerprint density at radius 2 is 2.25 bits per heavy atom. The maximum absolute atomic E-state index is 12.6. The van der Waals surface area contributed by atoms with E-state index in [1.54, 1.807) is 18.4 Å². The number of carboxylic acid groups (broad SMARTS) is 1. The fraction of sp³-hybridized carbons (Fsp3) is 0.636. The number of rotatable bonds is 4. The van der Waals surface area contributed by atoms with Gasteiger partial charge in [0.15, 0.2) is 5.03 Å². The first kappa shape index (κ1) is 15.3. The molecule has 1 saturated heterocycles. The molecule has 0 aromatic carbocycles. The number of carboxylic acids is 1. The lowest BCUT2D eigenvalue weighted by Gasteiger charge is -2.22. The van der Waals surface area contributed by atoms with Gasteiger partial charge in [-0.25, -0.2) is 13.4 Å². The Hall–Kier alpha value is -1.06. The van der Waals surface area contributed by atoms with Gasteiger partial charge in [-0.05, 0) is 20.8 Å². The summed E-state index contributed by atoms with van der Waals surface area (Å²) in [5.41, 5.74) is 0. The Morgan fingerprint density at radius 3 is 2.75 bits per heavy atom. The second kappa shape index (κ2) is 5.38. The van der Waals surface area contributed by atoms with Crippen LogP contribution < -0.4 is 0 Å². The molecule has 2 atom stereocenters. The Kier molecular flexibility index (Phi) is 4.12. The van der Waals surface area contributed by atoms with E-state index in [0.717, 1.165) is 4.31 Å². The van der Waals surface area contributed by atoms with Crippen molar-refractivity contribution in [3.05, 3.63) is 12.0 Å². The van der Waals surface area contributed by atoms with Crippen molar-refractivity contribution in [3.8, 4) is 0 Å². The van der Waals surface area contributed by atoms with Gasteiger partial charge in [0.2, 0.25) is 0 Å². The Morgan fingerprint density at radius 1 is 1.60 bits per heavy atom. The SMILES string of the molecule is CCn1cc(S(=O)(=O)N2C(C)SCC2C(=O)O)nc1C. The minimum absolute atomic E-state index is 0.0857. The second-order valence-electron chi connectivity index (χ2n) is 4.53. The highest BCUT2D eigenvalue weighted by molar-refractivity contribution is 8.01. The van der Waals surface area contributed by atoms with Gasteiger partial charge in [0.05, 0.1) is 5.37 Å². The van der Waals surface area contributed by atoms with Crippen molar-refractivity contribution in [2.45, 2.75) is 43.8 Å².